The van der Waals surface area contributed by atoms with Gasteiger partial charge in [-0.15, -0.1) is 0 Å². The lowest BCUT2D eigenvalue weighted by Gasteiger charge is -2.20. The quantitative estimate of drug-likeness (QED) is 0.621. The summed E-state index contributed by atoms with van der Waals surface area (Å²) in [6.07, 6.45) is 0.652. The van der Waals surface area contributed by atoms with E-state index in [1.165, 1.54) is 0 Å². The van der Waals surface area contributed by atoms with Crippen LogP contribution in [0.1, 0.15) is 36.8 Å². The van der Waals surface area contributed by atoms with Crippen molar-refractivity contribution >= 4 is 23.6 Å². The Hall–Kier alpha value is -2.27. The Balaban J connectivity index is 2.09. The van der Waals surface area contributed by atoms with Crippen molar-refractivity contribution in [2.45, 2.75) is 31.7 Å². The number of thioether (sulfide) groups is 1. The maximum atomic E-state index is 12.6. The van der Waals surface area contributed by atoms with E-state index in [9.17, 15) is 14.7 Å². The maximum absolute atomic E-state index is 12.6. The van der Waals surface area contributed by atoms with Crippen molar-refractivity contribution < 1.29 is 14.7 Å². The third-order valence-electron chi connectivity index (χ3n) is 4.18. The molecule has 0 saturated carbocycles. The minimum absolute atomic E-state index is 0.100. The van der Waals surface area contributed by atoms with Crippen molar-refractivity contribution in [1.82, 2.24) is 5.32 Å². The summed E-state index contributed by atoms with van der Waals surface area (Å²) in [5.41, 5.74) is 2.09. The van der Waals surface area contributed by atoms with Crippen LogP contribution in [-0.2, 0) is 9.59 Å². The number of amides is 1. The summed E-state index contributed by atoms with van der Waals surface area (Å²) in [5, 5.41) is 12.1. The van der Waals surface area contributed by atoms with Gasteiger partial charge in [0.1, 0.15) is 6.04 Å². The van der Waals surface area contributed by atoms with Gasteiger partial charge in [0.05, 0.1) is 0 Å². The monoisotopic (exact) mass is 371 g/mol. The second-order valence-electron chi connectivity index (χ2n) is 6.02. The zero-order valence-electron chi connectivity index (χ0n) is 14.9. The van der Waals surface area contributed by atoms with Crippen molar-refractivity contribution in [2.75, 3.05) is 11.5 Å². The average Bonchev–Trinajstić information content (AvgIpc) is 2.66. The lowest BCUT2D eigenvalue weighted by molar-refractivity contribution is -0.141. The molecule has 1 atom stereocenters. The van der Waals surface area contributed by atoms with Gasteiger partial charge in [0.25, 0.3) is 0 Å². The van der Waals surface area contributed by atoms with E-state index in [0.717, 1.165) is 16.9 Å². The topological polar surface area (TPSA) is 66.4 Å². The van der Waals surface area contributed by atoms with Gasteiger partial charge in [-0.2, -0.15) is 11.8 Å². The number of hydrogen-bond donors (Lipinski definition) is 2. The average molecular weight is 372 g/mol. The van der Waals surface area contributed by atoms with Gasteiger partial charge in [0.15, 0.2) is 0 Å². The Morgan fingerprint density at radius 1 is 1.00 bits per heavy atom. The minimum atomic E-state index is -0.981. The number of benzene rings is 2. The number of carbonyl (C=O) groups excluding carboxylic acids is 1. The van der Waals surface area contributed by atoms with E-state index in [4.69, 9.17) is 0 Å². The van der Waals surface area contributed by atoms with E-state index < -0.39 is 12.0 Å². The van der Waals surface area contributed by atoms with Crippen LogP contribution in [-0.4, -0.2) is 34.5 Å². The lowest BCUT2D eigenvalue weighted by Crippen LogP contribution is -2.41. The molecule has 1 amide bonds. The van der Waals surface area contributed by atoms with Crippen LogP contribution in [0.5, 0.6) is 0 Å². The van der Waals surface area contributed by atoms with Gasteiger partial charge >= 0.3 is 5.97 Å². The van der Waals surface area contributed by atoms with Crippen LogP contribution in [0, 0.1) is 0 Å². The number of hydrogen-bond acceptors (Lipinski definition) is 3. The molecule has 26 heavy (non-hydrogen) atoms. The number of carboxylic acid groups (broad SMARTS) is 1. The van der Waals surface area contributed by atoms with E-state index in [2.05, 4.69) is 5.32 Å². The first-order valence-electron chi connectivity index (χ1n) is 8.81. The summed E-state index contributed by atoms with van der Waals surface area (Å²) in [7, 11) is 0. The summed E-state index contributed by atoms with van der Waals surface area (Å²) >= 11 is 1.67. The predicted molar refractivity (Wildman–Crippen MR) is 107 cm³/mol. The highest BCUT2D eigenvalue weighted by Crippen LogP contribution is 2.27. The minimum Gasteiger partial charge on any atom is -0.480 e. The fourth-order valence-corrected chi connectivity index (χ4v) is 3.53. The molecule has 2 N–H and O–H groups in total. The molecule has 0 radical (unpaired) electrons. The summed E-state index contributed by atoms with van der Waals surface area (Å²) in [5.74, 6) is 0.332. The molecule has 0 aliphatic heterocycles. The van der Waals surface area contributed by atoms with Gasteiger partial charge in [-0.05, 0) is 29.1 Å². The van der Waals surface area contributed by atoms with Crippen LogP contribution in [0.25, 0.3) is 0 Å². The van der Waals surface area contributed by atoms with E-state index in [0.29, 0.717) is 12.2 Å². The first kappa shape index (κ1) is 20.0. The van der Waals surface area contributed by atoms with Gasteiger partial charge in [-0.3, -0.25) is 4.79 Å². The standard InChI is InChI=1S/C21H25NO3S/c1-2-26-14-13-19(21(24)25)22-20(23)15-18(16-9-5-3-6-10-16)17-11-7-4-8-12-17/h3-12,18-19H,2,13-15H2,1H3,(H,22,23)(H,24,25). The Morgan fingerprint density at radius 3 is 2.00 bits per heavy atom. The summed E-state index contributed by atoms with van der Waals surface area (Å²) < 4.78 is 0. The molecule has 0 aliphatic rings. The SMILES string of the molecule is CCSCCC(NC(=O)CC(c1ccccc1)c1ccccc1)C(=O)O. The van der Waals surface area contributed by atoms with E-state index in [-0.39, 0.29) is 18.2 Å². The fourth-order valence-electron chi connectivity index (χ4n) is 2.84. The summed E-state index contributed by atoms with van der Waals surface area (Å²) in [6.45, 7) is 2.03. The van der Waals surface area contributed by atoms with Crippen LogP contribution in [0.15, 0.2) is 60.7 Å². The van der Waals surface area contributed by atoms with Crippen molar-refractivity contribution in [3.8, 4) is 0 Å². The molecule has 4 nitrogen and oxygen atoms in total. The maximum Gasteiger partial charge on any atom is 0.326 e. The normalized spacial score (nSPS) is 11.9. The molecule has 0 aromatic heterocycles. The third-order valence-corrected chi connectivity index (χ3v) is 5.11. The first-order valence-corrected chi connectivity index (χ1v) is 9.97. The molecule has 0 saturated heterocycles. The molecule has 0 heterocycles. The lowest BCUT2D eigenvalue weighted by atomic mass is 9.88. The van der Waals surface area contributed by atoms with E-state index >= 15 is 0 Å². The largest absolute Gasteiger partial charge is 0.480 e. The molecular weight excluding hydrogens is 346 g/mol. The van der Waals surface area contributed by atoms with Crippen LogP contribution in [0.3, 0.4) is 0 Å². The van der Waals surface area contributed by atoms with Gasteiger partial charge in [-0.1, -0.05) is 67.6 Å². The zero-order valence-corrected chi connectivity index (χ0v) is 15.7. The fraction of sp³-hybridized carbons (Fsp3) is 0.333. The highest BCUT2D eigenvalue weighted by atomic mass is 32.2. The van der Waals surface area contributed by atoms with E-state index in [1.807, 2.05) is 67.6 Å². The Kier molecular flexibility index (Phi) is 8.22. The molecule has 0 fully saturated rings. The second kappa shape index (κ2) is 10.7. The van der Waals surface area contributed by atoms with Crippen LogP contribution in [0.4, 0.5) is 0 Å². The van der Waals surface area contributed by atoms with Crippen molar-refractivity contribution in [2.24, 2.45) is 0 Å². The molecule has 2 aromatic rings. The van der Waals surface area contributed by atoms with Gasteiger partial charge in [-0.25, -0.2) is 4.79 Å². The van der Waals surface area contributed by atoms with Crippen LogP contribution < -0.4 is 5.32 Å². The summed E-state index contributed by atoms with van der Waals surface area (Å²) in [4.78, 5) is 24.0. The number of carboxylic acids is 1. The van der Waals surface area contributed by atoms with Crippen molar-refractivity contribution in [1.29, 1.82) is 0 Å². The molecule has 2 aromatic carbocycles. The number of nitrogens with one attached hydrogen (secondary N) is 1. The van der Waals surface area contributed by atoms with Gasteiger partial charge < -0.3 is 10.4 Å². The van der Waals surface area contributed by atoms with Crippen molar-refractivity contribution in [3.05, 3.63) is 71.8 Å². The number of rotatable bonds is 10. The number of aliphatic carboxylic acids is 1. The molecule has 0 spiro atoms. The Labute approximate surface area is 159 Å². The van der Waals surface area contributed by atoms with Crippen LogP contribution >= 0.6 is 11.8 Å². The second-order valence-corrected chi connectivity index (χ2v) is 7.42. The van der Waals surface area contributed by atoms with Gasteiger partial charge in [0, 0.05) is 12.3 Å². The molecule has 0 aliphatic carbocycles. The first-order chi connectivity index (χ1) is 12.6. The predicted octanol–water partition coefficient (Wildman–Crippen LogP) is 3.92. The number of carbonyl (C=O) groups is 2. The molecule has 0 bridgehead atoms. The third kappa shape index (κ3) is 6.23. The van der Waals surface area contributed by atoms with Gasteiger partial charge in [0.2, 0.25) is 5.91 Å². The molecule has 2 rings (SSSR count). The molecule has 5 heteroatoms. The molecule has 138 valence electrons. The highest BCUT2D eigenvalue weighted by Gasteiger charge is 2.23. The Bertz CT molecular complexity index is 651. The Morgan fingerprint density at radius 2 is 1.54 bits per heavy atom. The van der Waals surface area contributed by atoms with E-state index in [1.54, 1.807) is 11.8 Å². The molecule has 1 unspecified atom stereocenters. The molecular formula is C21H25NO3S. The smallest absolute Gasteiger partial charge is 0.326 e. The van der Waals surface area contributed by atoms with Crippen LogP contribution in [0.2, 0.25) is 0 Å². The van der Waals surface area contributed by atoms with Crippen molar-refractivity contribution in [3.63, 3.8) is 0 Å². The highest BCUT2D eigenvalue weighted by molar-refractivity contribution is 7.99. The zero-order chi connectivity index (χ0) is 18.8. The summed E-state index contributed by atoms with van der Waals surface area (Å²) in [6, 6.07) is 18.8.